The smallest absolute Gasteiger partial charge is 0.194 e. The summed E-state index contributed by atoms with van der Waals surface area (Å²) in [7, 11) is 0. The van der Waals surface area contributed by atoms with E-state index in [1.165, 1.54) is 17.7 Å². The lowest BCUT2D eigenvalue weighted by Crippen LogP contribution is -2.41. The van der Waals surface area contributed by atoms with E-state index in [2.05, 4.69) is 23.2 Å². The lowest BCUT2D eigenvalue weighted by molar-refractivity contribution is 0.156. The number of hydrogen-bond donors (Lipinski definition) is 1. The second-order valence-electron chi connectivity index (χ2n) is 5.85. The van der Waals surface area contributed by atoms with Crippen LogP contribution in [0.1, 0.15) is 24.6 Å². The highest BCUT2D eigenvalue weighted by atomic mass is 35.5. The molecule has 1 unspecified atom stereocenters. The first kappa shape index (κ1) is 15.1. The summed E-state index contributed by atoms with van der Waals surface area (Å²) < 4.78 is 6.43. The van der Waals surface area contributed by atoms with Crippen LogP contribution < -0.4 is 5.32 Å². The van der Waals surface area contributed by atoms with Crippen molar-refractivity contribution >= 4 is 28.9 Å². The van der Waals surface area contributed by atoms with Crippen LogP contribution in [-0.2, 0) is 11.3 Å². The van der Waals surface area contributed by atoms with E-state index < -0.39 is 0 Å². The molecule has 21 heavy (non-hydrogen) atoms. The predicted octanol–water partition coefficient (Wildman–Crippen LogP) is 2.98. The van der Waals surface area contributed by atoms with Crippen LogP contribution in [0.15, 0.2) is 17.1 Å². The van der Waals surface area contributed by atoms with Gasteiger partial charge in [0, 0.05) is 36.5 Å². The normalized spacial score (nSPS) is 26.0. The minimum atomic E-state index is 0.364. The molecule has 2 saturated heterocycles. The van der Waals surface area contributed by atoms with Gasteiger partial charge in [-0.1, -0.05) is 11.6 Å². The summed E-state index contributed by atoms with van der Waals surface area (Å²) in [6, 6.07) is 3.99. The maximum Gasteiger partial charge on any atom is 0.194 e. The Labute approximate surface area is 135 Å². The zero-order valence-electron chi connectivity index (χ0n) is 12.4. The lowest BCUT2D eigenvalue weighted by Gasteiger charge is -2.24. The SMILES string of the molecule is CCNC(=NCc1ccc(Cl)s1)N1CCC2(CCOC2)C1. The van der Waals surface area contributed by atoms with Crippen LogP contribution in [0, 0.1) is 5.41 Å². The van der Waals surface area contributed by atoms with E-state index in [1.54, 1.807) is 11.3 Å². The predicted molar refractivity (Wildman–Crippen MR) is 88.2 cm³/mol. The summed E-state index contributed by atoms with van der Waals surface area (Å²) in [6.07, 6.45) is 2.39. The zero-order chi connectivity index (χ0) is 14.7. The molecule has 1 N–H and O–H groups in total. The van der Waals surface area contributed by atoms with Crippen LogP contribution in [0.3, 0.4) is 0 Å². The molecule has 0 bridgehead atoms. The van der Waals surface area contributed by atoms with Crippen molar-refractivity contribution < 1.29 is 4.74 Å². The van der Waals surface area contributed by atoms with Crippen molar-refractivity contribution in [1.82, 2.24) is 10.2 Å². The maximum absolute atomic E-state index is 5.98. The summed E-state index contributed by atoms with van der Waals surface area (Å²) in [5.74, 6) is 1.02. The first-order chi connectivity index (χ1) is 10.2. The third-order valence-corrected chi connectivity index (χ3v) is 5.49. The van der Waals surface area contributed by atoms with Crippen LogP contribution in [-0.4, -0.2) is 43.7 Å². The lowest BCUT2D eigenvalue weighted by atomic mass is 9.87. The molecule has 2 fully saturated rings. The van der Waals surface area contributed by atoms with Gasteiger partial charge >= 0.3 is 0 Å². The molecule has 116 valence electrons. The minimum absolute atomic E-state index is 0.364. The second kappa shape index (κ2) is 6.55. The fourth-order valence-electron chi connectivity index (χ4n) is 3.10. The van der Waals surface area contributed by atoms with Crippen molar-refractivity contribution in [2.24, 2.45) is 10.4 Å². The number of thiophene rings is 1. The summed E-state index contributed by atoms with van der Waals surface area (Å²) in [4.78, 5) is 8.36. The van der Waals surface area contributed by atoms with Crippen LogP contribution in [0.4, 0.5) is 0 Å². The summed E-state index contributed by atoms with van der Waals surface area (Å²) >= 11 is 7.58. The number of aliphatic imine (C=N–C) groups is 1. The fourth-order valence-corrected chi connectivity index (χ4v) is 4.11. The van der Waals surface area contributed by atoms with Gasteiger partial charge in [-0.15, -0.1) is 11.3 Å². The highest BCUT2D eigenvalue weighted by molar-refractivity contribution is 7.16. The molecule has 3 rings (SSSR count). The van der Waals surface area contributed by atoms with Gasteiger partial charge in [0.1, 0.15) is 0 Å². The monoisotopic (exact) mass is 327 g/mol. The number of nitrogens with one attached hydrogen (secondary N) is 1. The average Bonchev–Trinajstić information content (AvgIpc) is 3.19. The number of guanidine groups is 1. The topological polar surface area (TPSA) is 36.9 Å². The number of rotatable bonds is 3. The Morgan fingerprint density at radius 3 is 3.10 bits per heavy atom. The van der Waals surface area contributed by atoms with E-state index in [0.717, 1.165) is 43.1 Å². The Morgan fingerprint density at radius 1 is 1.52 bits per heavy atom. The van der Waals surface area contributed by atoms with Gasteiger partial charge < -0.3 is 15.0 Å². The molecule has 1 spiro atoms. The van der Waals surface area contributed by atoms with Gasteiger partial charge in [-0.25, -0.2) is 4.99 Å². The molecule has 2 aliphatic heterocycles. The van der Waals surface area contributed by atoms with Gasteiger partial charge in [0.25, 0.3) is 0 Å². The van der Waals surface area contributed by atoms with Crippen molar-refractivity contribution in [3.05, 3.63) is 21.3 Å². The molecule has 1 aromatic heterocycles. The molecular formula is C15H22ClN3OS. The van der Waals surface area contributed by atoms with Gasteiger partial charge in [0.2, 0.25) is 0 Å². The van der Waals surface area contributed by atoms with Crippen molar-refractivity contribution in [2.45, 2.75) is 26.3 Å². The van der Waals surface area contributed by atoms with Crippen LogP contribution >= 0.6 is 22.9 Å². The number of likely N-dealkylation sites (tertiary alicyclic amines) is 1. The van der Waals surface area contributed by atoms with Gasteiger partial charge in [-0.3, -0.25) is 0 Å². The second-order valence-corrected chi connectivity index (χ2v) is 7.65. The Bertz CT molecular complexity index is 511. The largest absolute Gasteiger partial charge is 0.381 e. The maximum atomic E-state index is 5.98. The quantitative estimate of drug-likeness (QED) is 0.685. The summed E-state index contributed by atoms with van der Waals surface area (Å²) in [5.41, 5.74) is 0.364. The molecule has 3 heterocycles. The molecule has 0 aliphatic carbocycles. The van der Waals surface area contributed by atoms with Crippen molar-refractivity contribution in [3.8, 4) is 0 Å². The fraction of sp³-hybridized carbons (Fsp3) is 0.667. The van der Waals surface area contributed by atoms with E-state index in [0.29, 0.717) is 12.0 Å². The van der Waals surface area contributed by atoms with E-state index in [1.807, 2.05) is 6.07 Å². The van der Waals surface area contributed by atoms with E-state index in [4.69, 9.17) is 21.3 Å². The van der Waals surface area contributed by atoms with Gasteiger partial charge in [0.15, 0.2) is 5.96 Å². The van der Waals surface area contributed by atoms with Gasteiger partial charge in [-0.2, -0.15) is 0 Å². The van der Waals surface area contributed by atoms with Crippen LogP contribution in [0.25, 0.3) is 0 Å². The molecule has 0 amide bonds. The summed E-state index contributed by atoms with van der Waals surface area (Å²) in [6.45, 7) is 7.65. The molecular weight excluding hydrogens is 306 g/mol. The van der Waals surface area contributed by atoms with E-state index in [-0.39, 0.29) is 0 Å². The molecule has 1 aromatic rings. The highest BCUT2D eigenvalue weighted by Crippen LogP contribution is 2.38. The number of ether oxygens (including phenoxy) is 1. The number of nitrogens with zero attached hydrogens (tertiary/aromatic N) is 2. The zero-order valence-corrected chi connectivity index (χ0v) is 14.0. The minimum Gasteiger partial charge on any atom is -0.381 e. The third-order valence-electron chi connectivity index (χ3n) is 4.27. The van der Waals surface area contributed by atoms with E-state index >= 15 is 0 Å². The average molecular weight is 328 g/mol. The Kier molecular flexibility index (Phi) is 4.72. The molecule has 0 aromatic carbocycles. The van der Waals surface area contributed by atoms with Gasteiger partial charge in [0.05, 0.1) is 17.5 Å². The first-order valence-electron chi connectivity index (χ1n) is 7.56. The van der Waals surface area contributed by atoms with Crippen molar-refractivity contribution in [2.75, 3.05) is 32.8 Å². The standard InChI is InChI=1S/C15H22ClN3OS/c1-2-17-14(18-9-12-3-4-13(16)21-12)19-7-5-15(10-19)6-8-20-11-15/h3-4H,2,5-11H2,1H3,(H,17,18). The highest BCUT2D eigenvalue weighted by Gasteiger charge is 2.42. The molecule has 6 heteroatoms. The Hall–Kier alpha value is -0.780. The molecule has 0 saturated carbocycles. The van der Waals surface area contributed by atoms with E-state index in [9.17, 15) is 0 Å². The molecule has 2 aliphatic rings. The molecule has 1 atom stereocenters. The Balaban J connectivity index is 1.66. The van der Waals surface area contributed by atoms with Crippen molar-refractivity contribution in [3.63, 3.8) is 0 Å². The van der Waals surface area contributed by atoms with Crippen LogP contribution in [0.2, 0.25) is 4.34 Å². The summed E-state index contributed by atoms with van der Waals surface area (Å²) in [5, 5.41) is 3.41. The Morgan fingerprint density at radius 2 is 2.43 bits per heavy atom. The van der Waals surface area contributed by atoms with Crippen molar-refractivity contribution in [1.29, 1.82) is 0 Å². The number of hydrogen-bond acceptors (Lipinski definition) is 3. The first-order valence-corrected chi connectivity index (χ1v) is 8.75. The molecule has 4 nitrogen and oxygen atoms in total. The third kappa shape index (κ3) is 3.52. The van der Waals surface area contributed by atoms with Gasteiger partial charge in [-0.05, 0) is 31.9 Å². The molecule has 0 radical (unpaired) electrons. The number of halogens is 1. The van der Waals surface area contributed by atoms with Crippen LogP contribution in [0.5, 0.6) is 0 Å².